The summed E-state index contributed by atoms with van der Waals surface area (Å²) in [5, 5.41) is 2.50. The van der Waals surface area contributed by atoms with Crippen LogP contribution in [0.2, 0.25) is 5.02 Å². The van der Waals surface area contributed by atoms with E-state index in [0.717, 1.165) is 0 Å². The molecule has 1 rings (SSSR count). The van der Waals surface area contributed by atoms with Crippen LogP contribution in [0, 0.1) is 5.82 Å². The van der Waals surface area contributed by atoms with Gasteiger partial charge in [0.15, 0.2) is 0 Å². The van der Waals surface area contributed by atoms with Crippen molar-refractivity contribution in [2.45, 2.75) is 6.42 Å². The molecule has 0 aliphatic heterocycles. The van der Waals surface area contributed by atoms with Gasteiger partial charge in [0, 0.05) is 12.6 Å². The largest absolute Gasteiger partial charge is 0.469 e. The molecule has 0 aromatic heterocycles. The van der Waals surface area contributed by atoms with E-state index in [1.165, 1.54) is 37.5 Å². The van der Waals surface area contributed by atoms with E-state index in [2.05, 4.69) is 10.1 Å². The minimum absolute atomic E-state index is 0.00625. The van der Waals surface area contributed by atoms with E-state index in [4.69, 9.17) is 11.6 Å². The van der Waals surface area contributed by atoms with Crippen molar-refractivity contribution in [3.05, 3.63) is 40.7 Å². The van der Waals surface area contributed by atoms with Gasteiger partial charge in [0.25, 0.3) is 0 Å². The smallest absolute Gasteiger partial charge is 0.307 e. The molecule has 0 aliphatic rings. The van der Waals surface area contributed by atoms with E-state index >= 15 is 0 Å². The van der Waals surface area contributed by atoms with Crippen LogP contribution in [0.4, 0.5) is 4.39 Å². The van der Waals surface area contributed by atoms with Crippen LogP contribution in [-0.4, -0.2) is 25.5 Å². The number of nitrogens with one attached hydrogen (secondary N) is 1. The highest BCUT2D eigenvalue weighted by molar-refractivity contribution is 6.30. The molecule has 0 spiro atoms. The lowest BCUT2D eigenvalue weighted by Gasteiger charge is -2.01. The summed E-state index contributed by atoms with van der Waals surface area (Å²) >= 11 is 5.60. The van der Waals surface area contributed by atoms with Crippen LogP contribution in [0.3, 0.4) is 0 Å². The van der Waals surface area contributed by atoms with Crippen molar-refractivity contribution >= 4 is 29.6 Å². The molecule has 1 aromatic rings. The van der Waals surface area contributed by atoms with Crippen molar-refractivity contribution in [3.63, 3.8) is 0 Å². The molecule has 0 saturated heterocycles. The number of amides is 1. The Morgan fingerprint density at radius 3 is 2.84 bits per heavy atom. The zero-order valence-corrected chi connectivity index (χ0v) is 11.0. The first-order valence-electron chi connectivity index (χ1n) is 5.50. The molecule has 0 atom stereocenters. The Bertz CT molecular complexity index is 503. The second-order valence-electron chi connectivity index (χ2n) is 3.62. The zero-order valence-electron chi connectivity index (χ0n) is 10.3. The maximum absolute atomic E-state index is 12.9. The van der Waals surface area contributed by atoms with Crippen LogP contribution < -0.4 is 5.32 Å². The molecule has 0 bridgehead atoms. The summed E-state index contributed by atoms with van der Waals surface area (Å²) in [5.41, 5.74) is 0.606. The van der Waals surface area contributed by atoms with Crippen LogP contribution in [0.15, 0.2) is 24.3 Å². The molecule has 1 amide bonds. The Morgan fingerprint density at radius 2 is 2.21 bits per heavy atom. The number of ether oxygens (including phenoxy) is 1. The predicted octanol–water partition coefficient (Wildman–Crippen LogP) is 2.17. The molecule has 1 aromatic carbocycles. The molecule has 4 nitrogen and oxygen atoms in total. The number of hydrogen-bond donors (Lipinski definition) is 1. The van der Waals surface area contributed by atoms with Crippen LogP contribution >= 0.6 is 11.6 Å². The lowest BCUT2D eigenvalue weighted by Crippen LogP contribution is -2.24. The van der Waals surface area contributed by atoms with Gasteiger partial charge < -0.3 is 10.1 Å². The van der Waals surface area contributed by atoms with Gasteiger partial charge in [-0.25, -0.2) is 4.39 Å². The number of hydrogen-bond acceptors (Lipinski definition) is 3. The summed E-state index contributed by atoms with van der Waals surface area (Å²) in [6.45, 7) is 0.194. The van der Waals surface area contributed by atoms with Gasteiger partial charge in [-0.1, -0.05) is 17.7 Å². The molecule has 6 heteroatoms. The minimum Gasteiger partial charge on any atom is -0.469 e. The molecule has 0 saturated carbocycles. The first kappa shape index (κ1) is 15.2. The summed E-state index contributed by atoms with van der Waals surface area (Å²) in [6.07, 6.45) is 2.89. The number of esters is 1. The second kappa shape index (κ2) is 7.53. The van der Waals surface area contributed by atoms with Gasteiger partial charge in [0.05, 0.1) is 18.6 Å². The van der Waals surface area contributed by atoms with Crippen molar-refractivity contribution < 1.29 is 18.7 Å². The molecule has 0 fully saturated rings. The fourth-order valence-corrected chi connectivity index (χ4v) is 1.43. The average Bonchev–Trinajstić information content (AvgIpc) is 2.40. The number of halogens is 2. The highest BCUT2D eigenvalue weighted by Gasteiger charge is 2.02. The summed E-state index contributed by atoms with van der Waals surface area (Å²) in [6, 6.07) is 4.13. The van der Waals surface area contributed by atoms with Gasteiger partial charge in [-0.15, -0.1) is 0 Å². The van der Waals surface area contributed by atoms with E-state index in [9.17, 15) is 14.0 Å². The Balaban J connectivity index is 2.45. The standard InChI is InChI=1S/C13H13ClFNO3/c1-19-13(18)6-7-16-12(17)5-3-9-2-4-11(15)10(14)8-9/h2-5,8H,6-7H2,1H3,(H,16,17)/b5-3-. The summed E-state index contributed by atoms with van der Waals surface area (Å²) < 4.78 is 17.3. The van der Waals surface area contributed by atoms with Gasteiger partial charge in [-0.2, -0.15) is 0 Å². The third kappa shape index (κ3) is 5.52. The summed E-state index contributed by atoms with van der Waals surface area (Å²) in [7, 11) is 1.28. The average molecular weight is 286 g/mol. The minimum atomic E-state index is -0.513. The first-order chi connectivity index (χ1) is 9.02. The second-order valence-corrected chi connectivity index (χ2v) is 4.03. The maximum atomic E-state index is 12.9. The van der Waals surface area contributed by atoms with E-state index in [0.29, 0.717) is 5.56 Å². The van der Waals surface area contributed by atoms with Crippen molar-refractivity contribution in [2.75, 3.05) is 13.7 Å². The highest BCUT2D eigenvalue weighted by atomic mass is 35.5. The van der Waals surface area contributed by atoms with E-state index in [1.54, 1.807) is 0 Å². The Kier molecular flexibility index (Phi) is 6.02. The molecule has 0 unspecified atom stereocenters. The molecule has 1 N–H and O–H groups in total. The van der Waals surface area contributed by atoms with E-state index in [-0.39, 0.29) is 23.9 Å². The van der Waals surface area contributed by atoms with Crippen LogP contribution in [0.5, 0.6) is 0 Å². The van der Waals surface area contributed by atoms with Crippen molar-refractivity contribution in [1.29, 1.82) is 0 Å². The molecule has 102 valence electrons. The van der Waals surface area contributed by atoms with Crippen LogP contribution in [-0.2, 0) is 14.3 Å². The maximum Gasteiger partial charge on any atom is 0.307 e. The molecular weight excluding hydrogens is 273 g/mol. The van der Waals surface area contributed by atoms with Crippen LogP contribution in [0.1, 0.15) is 12.0 Å². The highest BCUT2D eigenvalue weighted by Crippen LogP contribution is 2.16. The molecule has 19 heavy (non-hydrogen) atoms. The normalized spacial score (nSPS) is 10.5. The summed E-state index contributed by atoms with van der Waals surface area (Å²) in [5.74, 6) is -1.26. The van der Waals surface area contributed by atoms with Crippen LogP contribution in [0.25, 0.3) is 6.08 Å². The molecule has 0 aliphatic carbocycles. The Labute approximate surface area is 115 Å². The van der Waals surface area contributed by atoms with Crippen molar-refractivity contribution in [1.82, 2.24) is 5.32 Å². The summed E-state index contributed by atoms with van der Waals surface area (Å²) in [4.78, 5) is 22.2. The molecule has 0 heterocycles. The van der Waals surface area contributed by atoms with E-state index < -0.39 is 11.8 Å². The number of rotatable bonds is 5. The number of carbonyl (C=O) groups excluding carboxylic acids is 2. The first-order valence-corrected chi connectivity index (χ1v) is 5.88. The predicted molar refractivity (Wildman–Crippen MR) is 70.1 cm³/mol. The molecular formula is C13H13ClFNO3. The lowest BCUT2D eigenvalue weighted by atomic mass is 10.2. The Morgan fingerprint density at radius 1 is 1.47 bits per heavy atom. The van der Waals surface area contributed by atoms with Gasteiger partial charge >= 0.3 is 5.97 Å². The van der Waals surface area contributed by atoms with Crippen molar-refractivity contribution in [2.24, 2.45) is 0 Å². The van der Waals surface area contributed by atoms with Gasteiger partial charge in [-0.3, -0.25) is 9.59 Å². The Hall–Kier alpha value is -1.88. The number of methoxy groups -OCH3 is 1. The fourth-order valence-electron chi connectivity index (χ4n) is 1.24. The SMILES string of the molecule is COC(=O)CCNC(=O)/C=C\c1ccc(F)c(Cl)c1. The monoisotopic (exact) mass is 285 g/mol. The van der Waals surface area contributed by atoms with Gasteiger partial charge in [-0.05, 0) is 23.8 Å². The number of benzene rings is 1. The van der Waals surface area contributed by atoms with Crippen molar-refractivity contribution in [3.8, 4) is 0 Å². The third-order valence-corrected chi connectivity index (χ3v) is 2.52. The topological polar surface area (TPSA) is 55.4 Å². The number of carbonyl (C=O) groups is 2. The lowest BCUT2D eigenvalue weighted by molar-refractivity contribution is -0.140. The van der Waals surface area contributed by atoms with E-state index in [1.807, 2.05) is 0 Å². The molecule has 0 radical (unpaired) electrons. The van der Waals surface area contributed by atoms with Gasteiger partial charge in [0.1, 0.15) is 5.82 Å². The van der Waals surface area contributed by atoms with Gasteiger partial charge in [0.2, 0.25) is 5.91 Å². The quantitative estimate of drug-likeness (QED) is 0.666. The zero-order chi connectivity index (χ0) is 14.3. The fraction of sp³-hybridized carbons (Fsp3) is 0.231. The third-order valence-electron chi connectivity index (χ3n) is 2.23.